The van der Waals surface area contributed by atoms with Gasteiger partial charge in [0, 0.05) is 11.5 Å². The van der Waals surface area contributed by atoms with Crippen LogP contribution in [0.2, 0.25) is 0 Å². The molecule has 4 rings (SSSR count). The van der Waals surface area contributed by atoms with Crippen molar-refractivity contribution in [1.82, 2.24) is 9.78 Å². The highest BCUT2D eigenvalue weighted by Crippen LogP contribution is 2.30. The first-order valence-corrected chi connectivity index (χ1v) is 9.00. The number of hydrogen-bond donors (Lipinski definition) is 0. The summed E-state index contributed by atoms with van der Waals surface area (Å²) in [6.07, 6.45) is 3.22. The quantitative estimate of drug-likeness (QED) is 0.648. The lowest BCUT2D eigenvalue weighted by Gasteiger charge is -2.28. The Labute approximate surface area is 149 Å². The van der Waals surface area contributed by atoms with Crippen LogP contribution in [0.5, 0.6) is 0 Å². The smallest absolute Gasteiger partial charge is 0.225 e. The van der Waals surface area contributed by atoms with Crippen LogP contribution in [0.3, 0.4) is 0 Å². The summed E-state index contributed by atoms with van der Waals surface area (Å²) in [6, 6.07) is 13.2. The molecular formula is C22H26N3+. The first kappa shape index (κ1) is 16.1. The number of hydrogen-bond acceptors (Lipinski definition) is 1. The predicted molar refractivity (Wildman–Crippen MR) is 101 cm³/mol. The second-order valence-electron chi connectivity index (χ2n) is 8.03. The summed E-state index contributed by atoms with van der Waals surface area (Å²) in [5.41, 5.74) is 8.07. The summed E-state index contributed by atoms with van der Waals surface area (Å²) in [6.45, 7) is 12.0. The molecule has 0 bridgehead atoms. The zero-order valence-electron chi connectivity index (χ0n) is 15.8. The number of fused-ring (bicyclic) bond motifs is 3. The SMILES string of the molecule is Cc1cc(C)c(Cn2c[n+]3c(n2)-c2ccccc2CC3(C)C)c(C)c1. The maximum absolute atomic E-state index is 4.97. The lowest BCUT2D eigenvalue weighted by molar-refractivity contribution is -0.750. The molecule has 0 radical (unpaired) electrons. The molecule has 25 heavy (non-hydrogen) atoms. The number of aryl methyl sites for hydroxylation is 3. The van der Waals surface area contributed by atoms with Crippen molar-refractivity contribution < 1.29 is 4.57 Å². The van der Waals surface area contributed by atoms with Crippen molar-refractivity contribution in [2.45, 2.75) is 53.1 Å². The Hall–Kier alpha value is -2.42. The van der Waals surface area contributed by atoms with Gasteiger partial charge in [0.25, 0.3) is 0 Å². The maximum Gasteiger partial charge on any atom is 0.309 e. The second-order valence-corrected chi connectivity index (χ2v) is 8.03. The van der Waals surface area contributed by atoms with Crippen molar-refractivity contribution >= 4 is 0 Å². The first-order chi connectivity index (χ1) is 11.8. The number of benzene rings is 2. The largest absolute Gasteiger partial charge is 0.309 e. The lowest BCUT2D eigenvalue weighted by atomic mass is 9.87. The fourth-order valence-electron chi connectivity index (χ4n) is 4.15. The summed E-state index contributed by atoms with van der Waals surface area (Å²) in [4.78, 5) is 0. The van der Waals surface area contributed by atoms with Gasteiger partial charge in [0.15, 0.2) is 0 Å². The van der Waals surface area contributed by atoms with Crippen LogP contribution >= 0.6 is 0 Å². The van der Waals surface area contributed by atoms with E-state index in [4.69, 9.17) is 5.10 Å². The van der Waals surface area contributed by atoms with Crippen LogP contribution in [0, 0.1) is 20.8 Å². The van der Waals surface area contributed by atoms with Gasteiger partial charge < -0.3 is 0 Å². The molecule has 1 aromatic heterocycles. The van der Waals surface area contributed by atoms with Gasteiger partial charge in [-0.05, 0) is 62.9 Å². The van der Waals surface area contributed by atoms with Gasteiger partial charge in [-0.3, -0.25) is 0 Å². The van der Waals surface area contributed by atoms with E-state index in [1.165, 1.54) is 33.4 Å². The van der Waals surface area contributed by atoms with Gasteiger partial charge >= 0.3 is 5.82 Å². The fourth-order valence-corrected chi connectivity index (χ4v) is 4.15. The number of aromatic nitrogens is 3. The second kappa shape index (κ2) is 5.55. The van der Waals surface area contributed by atoms with Crippen molar-refractivity contribution in [2.24, 2.45) is 0 Å². The van der Waals surface area contributed by atoms with E-state index >= 15 is 0 Å². The summed E-state index contributed by atoms with van der Waals surface area (Å²) < 4.78 is 4.44. The fraction of sp³-hybridized carbons (Fsp3) is 0.364. The molecule has 3 nitrogen and oxygen atoms in total. The molecule has 0 unspecified atom stereocenters. The zero-order valence-corrected chi connectivity index (χ0v) is 15.8. The maximum atomic E-state index is 4.97. The molecule has 1 aliphatic heterocycles. The molecule has 0 saturated carbocycles. The Bertz CT molecular complexity index is 940. The highest BCUT2D eigenvalue weighted by molar-refractivity contribution is 5.59. The van der Waals surface area contributed by atoms with E-state index in [-0.39, 0.29) is 5.54 Å². The van der Waals surface area contributed by atoms with Crippen molar-refractivity contribution in [1.29, 1.82) is 0 Å². The van der Waals surface area contributed by atoms with E-state index < -0.39 is 0 Å². The average molecular weight is 332 g/mol. The van der Waals surface area contributed by atoms with Crippen LogP contribution in [-0.2, 0) is 18.5 Å². The molecule has 3 heteroatoms. The molecule has 0 atom stereocenters. The molecule has 2 aromatic carbocycles. The predicted octanol–water partition coefficient (Wildman–Crippen LogP) is 4.10. The third kappa shape index (κ3) is 2.68. The van der Waals surface area contributed by atoms with Crippen LogP contribution < -0.4 is 4.57 Å². The molecule has 0 spiro atoms. The first-order valence-electron chi connectivity index (χ1n) is 9.00. The Balaban J connectivity index is 1.80. The number of nitrogens with zero attached hydrogens (tertiary/aromatic N) is 3. The Morgan fingerprint density at radius 3 is 2.48 bits per heavy atom. The minimum atomic E-state index is 0.0410. The minimum Gasteiger partial charge on any atom is -0.225 e. The monoisotopic (exact) mass is 332 g/mol. The summed E-state index contributed by atoms with van der Waals surface area (Å²) in [7, 11) is 0. The lowest BCUT2D eigenvalue weighted by Crippen LogP contribution is -2.56. The van der Waals surface area contributed by atoms with E-state index in [0.717, 1.165) is 18.8 Å². The molecule has 1 aliphatic rings. The van der Waals surface area contributed by atoms with Crippen LogP contribution in [0.4, 0.5) is 0 Å². The summed E-state index contributed by atoms with van der Waals surface area (Å²) in [5.74, 6) is 1.08. The van der Waals surface area contributed by atoms with E-state index in [1.807, 2.05) is 0 Å². The topological polar surface area (TPSA) is 21.7 Å². The van der Waals surface area contributed by atoms with Crippen molar-refractivity contribution in [3.05, 3.63) is 70.5 Å². The molecule has 3 aromatic rings. The molecule has 0 saturated heterocycles. The van der Waals surface area contributed by atoms with Crippen molar-refractivity contribution in [2.75, 3.05) is 0 Å². The van der Waals surface area contributed by atoms with Gasteiger partial charge in [0.05, 0.1) is 11.1 Å². The highest BCUT2D eigenvalue weighted by atomic mass is 15.4. The van der Waals surface area contributed by atoms with E-state index in [1.54, 1.807) is 0 Å². The Morgan fingerprint density at radius 1 is 1.08 bits per heavy atom. The molecule has 0 N–H and O–H groups in total. The van der Waals surface area contributed by atoms with E-state index in [2.05, 4.69) is 86.6 Å². The Kier molecular flexibility index (Phi) is 3.57. The third-order valence-electron chi connectivity index (χ3n) is 5.39. The molecular weight excluding hydrogens is 306 g/mol. The minimum absolute atomic E-state index is 0.0410. The van der Waals surface area contributed by atoms with Crippen LogP contribution in [0.25, 0.3) is 11.4 Å². The van der Waals surface area contributed by atoms with Crippen LogP contribution in [-0.4, -0.2) is 9.78 Å². The van der Waals surface area contributed by atoms with Crippen LogP contribution in [0.15, 0.2) is 42.7 Å². The molecule has 0 fully saturated rings. The van der Waals surface area contributed by atoms with Crippen molar-refractivity contribution in [3.8, 4) is 11.4 Å². The zero-order chi connectivity index (χ0) is 17.8. The van der Waals surface area contributed by atoms with Gasteiger partial charge in [-0.1, -0.05) is 35.9 Å². The highest BCUT2D eigenvalue weighted by Gasteiger charge is 2.37. The third-order valence-corrected chi connectivity index (χ3v) is 5.39. The van der Waals surface area contributed by atoms with Gasteiger partial charge in [-0.2, -0.15) is 0 Å². The summed E-state index contributed by atoms with van der Waals surface area (Å²) in [5, 5.41) is 4.97. The molecule has 0 amide bonds. The van der Waals surface area contributed by atoms with Crippen molar-refractivity contribution in [3.63, 3.8) is 0 Å². The molecule has 128 valence electrons. The average Bonchev–Trinajstić information content (AvgIpc) is 2.96. The van der Waals surface area contributed by atoms with E-state index in [9.17, 15) is 0 Å². The molecule has 2 heterocycles. The van der Waals surface area contributed by atoms with Crippen LogP contribution in [0.1, 0.15) is 41.7 Å². The molecule has 0 aliphatic carbocycles. The Morgan fingerprint density at radius 2 is 1.76 bits per heavy atom. The van der Waals surface area contributed by atoms with Gasteiger partial charge in [-0.15, -0.1) is 4.68 Å². The van der Waals surface area contributed by atoms with Gasteiger partial charge in [-0.25, -0.2) is 4.57 Å². The van der Waals surface area contributed by atoms with Gasteiger partial charge in [0.1, 0.15) is 6.54 Å². The number of rotatable bonds is 2. The van der Waals surface area contributed by atoms with Gasteiger partial charge in [0.2, 0.25) is 6.33 Å². The van der Waals surface area contributed by atoms with E-state index in [0.29, 0.717) is 0 Å². The standard InChI is InChI=1S/C22H26N3/c1-15-10-16(2)20(17(3)11-15)13-24-14-25-21(23-24)19-9-7-6-8-18(19)12-22(25,4)5/h6-11,14H,12-13H2,1-5H3/q+1. The normalized spacial score (nSPS) is 14.9. The summed E-state index contributed by atoms with van der Waals surface area (Å²) >= 11 is 0.